The summed E-state index contributed by atoms with van der Waals surface area (Å²) in [5.41, 5.74) is 3.80. The van der Waals surface area contributed by atoms with Crippen LogP contribution < -0.4 is 14.8 Å². The lowest BCUT2D eigenvalue weighted by molar-refractivity contribution is 0.102. The number of thiazole rings is 1. The highest BCUT2D eigenvalue weighted by atomic mass is 32.1. The van der Waals surface area contributed by atoms with Gasteiger partial charge in [-0.25, -0.2) is 4.98 Å². The predicted octanol–water partition coefficient (Wildman–Crippen LogP) is 6.06. The van der Waals surface area contributed by atoms with Gasteiger partial charge in [-0.2, -0.15) is 0 Å². The van der Waals surface area contributed by atoms with Crippen molar-refractivity contribution in [3.8, 4) is 22.1 Å². The van der Waals surface area contributed by atoms with Crippen LogP contribution in [0.15, 0.2) is 42.5 Å². The van der Waals surface area contributed by atoms with Crippen LogP contribution >= 0.6 is 22.7 Å². The van der Waals surface area contributed by atoms with E-state index in [0.29, 0.717) is 17.1 Å². The summed E-state index contributed by atoms with van der Waals surface area (Å²) < 4.78 is 12.0. The fraction of sp³-hybridized carbons (Fsp3) is 0.308. The van der Waals surface area contributed by atoms with E-state index >= 15 is 0 Å². The van der Waals surface area contributed by atoms with E-state index in [2.05, 4.69) is 23.2 Å². The maximum atomic E-state index is 13.4. The Morgan fingerprint density at radius 3 is 2.74 bits per heavy atom. The Morgan fingerprint density at radius 2 is 1.97 bits per heavy atom. The van der Waals surface area contributed by atoms with Crippen molar-refractivity contribution in [3.05, 3.63) is 58.5 Å². The fourth-order valence-electron chi connectivity index (χ4n) is 4.49. The summed E-state index contributed by atoms with van der Waals surface area (Å²) in [6.45, 7) is 5.22. The molecule has 176 valence electrons. The van der Waals surface area contributed by atoms with Crippen LogP contribution in [0.2, 0.25) is 0 Å². The summed E-state index contributed by atoms with van der Waals surface area (Å²) in [6.07, 6.45) is 2.08. The number of carbonyl (C=O) groups is 1. The number of rotatable bonds is 7. The number of methoxy groups -OCH3 is 2. The molecule has 34 heavy (non-hydrogen) atoms. The molecule has 8 heteroatoms. The van der Waals surface area contributed by atoms with Gasteiger partial charge in [-0.05, 0) is 49.2 Å². The minimum atomic E-state index is -0.220. The van der Waals surface area contributed by atoms with Crippen molar-refractivity contribution in [2.75, 3.05) is 32.6 Å². The van der Waals surface area contributed by atoms with Crippen molar-refractivity contribution >= 4 is 43.8 Å². The highest BCUT2D eigenvalue weighted by Crippen LogP contribution is 2.46. The van der Waals surface area contributed by atoms with Crippen LogP contribution in [-0.4, -0.2) is 43.1 Å². The van der Waals surface area contributed by atoms with Crippen LogP contribution in [0.1, 0.15) is 34.1 Å². The van der Waals surface area contributed by atoms with Crippen LogP contribution in [0.25, 0.3) is 20.8 Å². The number of thiophene rings is 1. The number of hydrogen-bond acceptors (Lipinski definition) is 7. The Bertz CT molecular complexity index is 1310. The van der Waals surface area contributed by atoms with Crippen molar-refractivity contribution < 1.29 is 14.3 Å². The highest BCUT2D eigenvalue weighted by molar-refractivity contribution is 7.23. The molecular weight excluding hydrogens is 466 g/mol. The number of nitrogens with zero attached hydrogens (tertiary/aromatic N) is 2. The maximum Gasteiger partial charge on any atom is 0.260 e. The first-order chi connectivity index (χ1) is 16.6. The van der Waals surface area contributed by atoms with E-state index in [-0.39, 0.29) is 5.91 Å². The first-order valence-electron chi connectivity index (χ1n) is 11.4. The standard InChI is InChI=1S/C26H27N3O3S2/c1-4-13-29-14-12-16-21(15-29)34-26(22(16)25-27-18-9-5-6-11-20(18)33-25)28-24(30)17-8-7-10-19(31-2)23(17)32-3/h5-11H,4,12-15H2,1-3H3,(H,28,30). The Labute approximate surface area is 207 Å². The van der Waals surface area contributed by atoms with Crippen molar-refractivity contribution in [2.45, 2.75) is 26.3 Å². The molecule has 0 radical (unpaired) electrons. The van der Waals surface area contributed by atoms with Crippen LogP contribution in [0.3, 0.4) is 0 Å². The zero-order valence-electron chi connectivity index (χ0n) is 19.5. The topological polar surface area (TPSA) is 63.7 Å². The molecule has 3 heterocycles. The second-order valence-corrected chi connectivity index (χ2v) is 10.4. The quantitative estimate of drug-likeness (QED) is 0.339. The number of anilines is 1. The number of para-hydroxylation sites is 2. The third-order valence-corrected chi connectivity index (χ3v) is 8.24. The van der Waals surface area contributed by atoms with E-state index in [1.54, 1.807) is 55.1 Å². The van der Waals surface area contributed by atoms with Gasteiger partial charge >= 0.3 is 0 Å². The molecule has 0 atom stereocenters. The average molecular weight is 494 g/mol. The molecule has 2 aromatic carbocycles. The highest BCUT2D eigenvalue weighted by Gasteiger charge is 2.28. The lowest BCUT2D eigenvalue weighted by Crippen LogP contribution is -2.30. The zero-order chi connectivity index (χ0) is 23.7. The first-order valence-corrected chi connectivity index (χ1v) is 13.0. The largest absolute Gasteiger partial charge is 0.493 e. The SMILES string of the molecule is CCCN1CCc2c(sc(NC(=O)c3cccc(OC)c3OC)c2-c2nc3ccccc3s2)C1. The van der Waals surface area contributed by atoms with E-state index in [0.717, 1.165) is 58.3 Å². The van der Waals surface area contributed by atoms with E-state index in [9.17, 15) is 4.79 Å². The summed E-state index contributed by atoms with van der Waals surface area (Å²) in [6, 6.07) is 13.5. The molecule has 1 aliphatic heterocycles. The molecule has 0 saturated heterocycles. The number of amides is 1. The lowest BCUT2D eigenvalue weighted by atomic mass is 10.0. The third-order valence-electron chi connectivity index (χ3n) is 6.06. The lowest BCUT2D eigenvalue weighted by Gasteiger charge is -2.26. The van der Waals surface area contributed by atoms with Crippen LogP contribution in [0, 0.1) is 0 Å². The van der Waals surface area contributed by atoms with Gasteiger partial charge in [0.25, 0.3) is 5.91 Å². The van der Waals surface area contributed by atoms with Gasteiger partial charge in [0.2, 0.25) is 0 Å². The van der Waals surface area contributed by atoms with E-state index in [4.69, 9.17) is 14.5 Å². The van der Waals surface area contributed by atoms with Gasteiger partial charge in [0, 0.05) is 23.5 Å². The molecule has 2 aromatic heterocycles. The number of hydrogen-bond donors (Lipinski definition) is 1. The molecular formula is C26H27N3O3S2. The number of ether oxygens (including phenoxy) is 2. The fourth-order valence-corrected chi connectivity index (χ4v) is 6.89. The molecule has 0 unspecified atom stereocenters. The molecule has 1 amide bonds. The van der Waals surface area contributed by atoms with E-state index in [1.807, 2.05) is 18.2 Å². The molecule has 0 fully saturated rings. The van der Waals surface area contributed by atoms with Gasteiger partial charge in [-0.1, -0.05) is 25.1 Å². The number of nitrogens with one attached hydrogen (secondary N) is 1. The number of fused-ring (bicyclic) bond motifs is 2. The normalized spacial score (nSPS) is 13.6. The van der Waals surface area contributed by atoms with Gasteiger partial charge in [0.1, 0.15) is 10.0 Å². The molecule has 4 aromatic rings. The summed E-state index contributed by atoms with van der Waals surface area (Å²) in [4.78, 5) is 22.2. The zero-order valence-corrected chi connectivity index (χ0v) is 21.1. The Balaban J connectivity index is 1.57. The number of carbonyl (C=O) groups excluding carboxylic acids is 1. The van der Waals surface area contributed by atoms with Crippen molar-refractivity contribution in [1.82, 2.24) is 9.88 Å². The molecule has 5 rings (SSSR count). The molecule has 0 saturated carbocycles. The average Bonchev–Trinajstić information content (AvgIpc) is 3.43. The van der Waals surface area contributed by atoms with Crippen molar-refractivity contribution in [3.63, 3.8) is 0 Å². The van der Waals surface area contributed by atoms with Gasteiger partial charge in [0.15, 0.2) is 11.5 Å². The maximum absolute atomic E-state index is 13.4. The number of benzene rings is 2. The van der Waals surface area contributed by atoms with Crippen molar-refractivity contribution in [1.29, 1.82) is 0 Å². The Morgan fingerprint density at radius 1 is 1.12 bits per heavy atom. The van der Waals surface area contributed by atoms with E-state index in [1.165, 1.54) is 10.4 Å². The monoisotopic (exact) mass is 493 g/mol. The summed E-state index contributed by atoms with van der Waals surface area (Å²) in [5.74, 6) is 0.740. The second kappa shape index (κ2) is 9.74. The molecule has 6 nitrogen and oxygen atoms in total. The molecule has 1 aliphatic rings. The summed E-state index contributed by atoms with van der Waals surface area (Å²) in [7, 11) is 3.12. The number of aromatic nitrogens is 1. The van der Waals surface area contributed by atoms with Gasteiger partial charge < -0.3 is 14.8 Å². The molecule has 0 spiro atoms. The summed E-state index contributed by atoms with van der Waals surface area (Å²) >= 11 is 3.34. The molecule has 0 aliphatic carbocycles. The minimum absolute atomic E-state index is 0.220. The van der Waals surface area contributed by atoms with Gasteiger partial charge in [0.05, 0.1) is 30.0 Å². The minimum Gasteiger partial charge on any atom is -0.493 e. The van der Waals surface area contributed by atoms with Crippen LogP contribution in [-0.2, 0) is 13.0 Å². The first kappa shape index (κ1) is 22.8. The smallest absolute Gasteiger partial charge is 0.260 e. The third kappa shape index (κ3) is 4.17. The van der Waals surface area contributed by atoms with Gasteiger partial charge in [-0.15, -0.1) is 22.7 Å². The Hall–Kier alpha value is -2.94. The molecule has 0 bridgehead atoms. The second-order valence-electron chi connectivity index (χ2n) is 8.22. The van der Waals surface area contributed by atoms with Crippen LogP contribution in [0.4, 0.5) is 5.00 Å². The van der Waals surface area contributed by atoms with Gasteiger partial charge in [-0.3, -0.25) is 9.69 Å². The van der Waals surface area contributed by atoms with Crippen LogP contribution in [0.5, 0.6) is 11.5 Å². The Kier molecular flexibility index (Phi) is 6.54. The molecule has 1 N–H and O–H groups in total. The van der Waals surface area contributed by atoms with E-state index < -0.39 is 0 Å². The predicted molar refractivity (Wildman–Crippen MR) is 140 cm³/mol. The summed E-state index contributed by atoms with van der Waals surface area (Å²) in [5, 5.41) is 4.99. The van der Waals surface area contributed by atoms with Crippen molar-refractivity contribution in [2.24, 2.45) is 0 Å².